The summed E-state index contributed by atoms with van der Waals surface area (Å²) < 4.78 is 1.52. The number of carbonyl (C=O) groups is 1. The SMILES string of the molecule is CCc1ccc([C@@H](C)NC(=O)CSCc2cc(=O)n3ccsc3n2)cc1. The van der Waals surface area contributed by atoms with Gasteiger partial charge in [-0.2, -0.15) is 0 Å². The molecule has 0 aliphatic rings. The highest BCUT2D eigenvalue weighted by molar-refractivity contribution is 7.99. The van der Waals surface area contributed by atoms with Gasteiger partial charge in [0.25, 0.3) is 5.56 Å². The zero-order valence-electron chi connectivity index (χ0n) is 14.8. The van der Waals surface area contributed by atoms with Crippen molar-refractivity contribution in [2.45, 2.75) is 32.1 Å². The molecule has 3 rings (SSSR count). The fourth-order valence-corrected chi connectivity index (χ4v) is 4.09. The van der Waals surface area contributed by atoms with Crippen LogP contribution in [0.3, 0.4) is 0 Å². The van der Waals surface area contributed by atoms with Gasteiger partial charge in [0.1, 0.15) is 0 Å². The lowest BCUT2D eigenvalue weighted by molar-refractivity contribution is -0.119. The average Bonchev–Trinajstić information content (AvgIpc) is 3.11. The summed E-state index contributed by atoms with van der Waals surface area (Å²) in [6.07, 6.45) is 2.72. The van der Waals surface area contributed by atoms with E-state index in [1.165, 1.54) is 39.1 Å². The van der Waals surface area contributed by atoms with Crippen molar-refractivity contribution in [3.8, 4) is 0 Å². The number of fused-ring (bicyclic) bond motifs is 1. The van der Waals surface area contributed by atoms with Crippen LogP contribution in [0.2, 0.25) is 0 Å². The van der Waals surface area contributed by atoms with Crippen LogP contribution in [0.25, 0.3) is 4.96 Å². The monoisotopic (exact) mass is 387 g/mol. The number of hydrogen-bond acceptors (Lipinski definition) is 5. The fourth-order valence-electron chi connectivity index (χ4n) is 2.62. The van der Waals surface area contributed by atoms with Crippen LogP contribution in [0.4, 0.5) is 0 Å². The van der Waals surface area contributed by atoms with Crippen molar-refractivity contribution in [3.63, 3.8) is 0 Å². The molecule has 1 N–H and O–H groups in total. The molecule has 7 heteroatoms. The summed E-state index contributed by atoms with van der Waals surface area (Å²) in [7, 11) is 0. The summed E-state index contributed by atoms with van der Waals surface area (Å²) in [5.41, 5.74) is 3.01. The summed E-state index contributed by atoms with van der Waals surface area (Å²) in [4.78, 5) is 29.2. The smallest absolute Gasteiger partial charge is 0.258 e. The predicted octanol–water partition coefficient (Wildman–Crippen LogP) is 3.43. The molecule has 1 atom stereocenters. The van der Waals surface area contributed by atoms with Crippen molar-refractivity contribution >= 4 is 34.0 Å². The van der Waals surface area contributed by atoms with E-state index >= 15 is 0 Å². The third-order valence-corrected chi connectivity index (χ3v) is 5.83. The van der Waals surface area contributed by atoms with E-state index in [9.17, 15) is 9.59 Å². The van der Waals surface area contributed by atoms with Gasteiger partial charge in [-0.3, -0.25) is 14.0 Å². The zero-order valence-corrected chi connectivity index (χ0v) is 16.4. The van der Waals surface area contributed by atoms with Gasteiger partial charge < -0.3 is 5.32 Å². The Hall–Kier alpha value is -2.12. The van der Waals surface area contributed by atoms with Gasteiger partial charge in [0.2, 0.25) is 5.91 Å². The summed E-state index contributed by atoms with van der Waals surface area (Å²) in [6, 6.07) is 9.81. The number of carbonyl (C=O) groups excluding carboxylic acids is 1. The lowest BCUT2D eigenvalue weighted by Crippen LogP contribution is -2.28. The molecule has 0 aliphatic heterocycles. The molecule has 0 aliphatic carbocycles. The number of aromatic nitrogens is 2. The highest BCUT2D eigenvalue weighted by Gasteiger charge is 2.10. The molecule has 1 aromatic carbocycles. The van der Waals surface area contributed by atoms with Gasteiger partial charge in [-0.25, -0.2) is 4.98 Å². The van der Waals surface area contributed by atoms with E-state index in [0.29, 0.717) is 22.2 Å². The number of benzene rings is 1. The van der Waals surface area contributed by atoms with Crippen LogP contribution in [0.1, 0.15) is 36.7 Å². The van der Waals surface area contributed by atoms with Crippen molar-refractivity contribution in [1.82, 2.24) is 14.7 Å². The number of thiazole rings is 1. The quantitative estimate of drug-likeness (QED) is 0.675. The molecule has 2 aromatic heterocycles. The van der Waals surface area contributed by atoms with Gasteiger partial charge in [-0.05, 0) is 24.5 Å². The molecule has 0 unspecified atom stereocenters. The van der Waals surface area contributed by atoms with Crippen LogP contribution in [0, 0.1) is 0 Å². The number of aryl methyl sites for hydroxylation is 1. The van der Waals surface area contributed by atoms with Gasteiger partial charge in [-0.1, -0.05) is 31.2 Å². The Morgan fingerprint density at radius 1 is 1.35 bits per heavy atom. The molecule has 0 fully saturated rings. The standard InChI is InChI=1S/C19H21N3O2S2/c1-3-14-4-6-15(7-5-14)13(2)20-17(23)12-25-11-16-10-18(24)22-8-9-26-19(22)21-16/h4-10,13H,3,11-12H2,1-2H3,(H,20,23)/t13-/m1/s1. The maximum Gasteiger partial charge on any atom is 0.258 e. The van der Waals surface area contributed by atoms with E-state index in [0.717, 1.165) is 12.0 Å². The van der Waals surface area contributed by atoms with E-state index < -0.39 is 0 Å². The van der Waals surface area contributed by atoms with Gasteiger partial charge in [0.05, 0.1) is 17.5 Å². The second kappa shape index (κ2) is 8.51. The van der Waals surface area contributed by atoms with Gasteiger partial charge in [-0.15, -0.1) is 23.1 Å². The number of nitrogens with one attached hydrogen (secondary N) is 1. The number of nitrogens with zero attached hydrogens (tertiary/aromatic N) is 2. The Balaban J connectivity index is 1.50. The topological polar surface area (TPSA) is 63.5 Å². The van der Waals surface area contributed by atoms with Crippen LogP contribution < -0.4 is 10.9 Å². The summed E-state index contributed by atoms with van der Waals surface area (Å²) in [5, 5.41) is 4.85. The molecular formula is C19H21N3O2S2. The number of rotatable bonds is 7. The predicted molar refractivity (Wildman–Crippen MR) is 108 cm³/mol. The van der Waals surface area contributed by atoms with Crippen LogP contribution in [0.15, 0.2) is 46.7 Å². The Morgan fingerprint density at radius 2 is 2.12 bits per heavy atom. The molecule has 0 radical (unpaired) electrons. The zero-order chi connectivity index (χ0) is 18.5. The van der Waals surface area contributed by atoms with E-state index in [2.05, 4.69) is 41.5 Å². The van der Waals surface area contributed by atoms with Crippen LogP contribution in [-0.4, -0.2) is 21.0 Å². The van der Waals surface area contributed by atoms with Crippen molar-refractivity contribution < 1.29 is 4.79 Å². The van der Waals surface area contributed by atoms with Crippen LogP contribution in [-0.2, 0) is 17.0 Å². The summed E-state index contributed by atoms with van der Waals surface area (Å²) in [6.45, 7) is 4.10. The summed E-state index contributed by atoms with van der Waals surface area (Å²) >= 11 is 2.89. The first-order valence-corrected chi connectivity index (χ1v) is 10.5. The minimum atomic E-state index is -0.0829. The molecule has 0 spiro atoms. The molecule has 3 aromatic rings. The molecule has 0 saturated carbocycles. The highest BCUT2D eigenvalue weighted by atomic mass is 32.2. The minimum Gasteiger partial charge on any atom is -0.349 e. The number of amides is 1. The van der Waals surface area contributed by atoms with Crippen molar-refractivity contribution in [2.75, 3.05) is 5.75 Å². The maximum absolute atomic E-state index is 12.2. The lowest BCUT2D eigenvalue weighted by Gasteiger charge is -2.14. The third kappa shape index (κ3) is 4.53. The number of hydrogen-bond donors (Lipinski definition) is 1. The van der Waals surface area contributed by atoms with Crippen LogP contribution in [0.5, 0.6) is 0 Å². The second-order valence-electron chi connectivity index (χ2n) is 6.02. The number of thioether (sulfide) groups is 1. The van der Waals surface area contributed by atoms with Gasteiger partial charge in [0.15, 0.2) is 4.96 Å². The van der Waals surface area contributed by atoms with Crippen molar-refractivity contribution in [1.29, 1.82) is 0 Å². The molecule has 2 heterocycles. The second-order valence-corrected chi connectivity index (χ2v) is 7.88. The van der Waals surface area contributed by atoms with Crippen molar-refractivity contribution in [3.05, 3.63) is 69.1 Å². The van der Waals surface area contributed by atoms with E-state index in [-0.39, 0.29) is 17.5 Å². The first kappa shape index (κ1) is 18.7. The Labute approximate surface area is 160 Å². The van der Waals surface area contributed by atoms with Gasteiger partial charge >= 0.3 is 0 Å². The Kier molecular flexibility index (Phi) is 6.11. The van der Waals surface area contributed by atoms with Gasteiger partial charge in [0, 0.05) is 23.4 Å². The Bertz CT molecular complexity index is 947. The maximum atomic E-state index is 12.2. The largest absolute Gasteiger partial charge is 0.349 e. The fraction of sp³-hybridized carbons (Fsp3) is 0.316. The van der Waals surface area contributed by atoms with E-state index in [1.54, 1.807) is 6.20 Å². The third-order valence-electron chi connectivity index (χ3n) is 4.10. The lowest BCUT2D eigenvalue weighted by atomic mass is 10.1. The Morgan fingerprint density at radius 3 is 2.85 bits per heavy atom. The molecule has 136 valence electrons. The minimum absolute atomic E-state index is 0.0176. The summed E-state index contributed by atoms with van der Waals surface area (Å²) in [5.74, 6) is 0.857. The molecule has 26 heavy (non-hydrogen) atoms. The van der Waals surface area contributed by atoms with Crippen molar-refractivity contribution in [2.24, 2.45) is 0 Å². The molecule has 0 bridgehead atoms. The molecular weight excluding hydrogens is 366 g/mol. The first-order valence-electron chi connectivity index (χ1n) is 8.48. The normalized spacial score (nSPS) is 12.2. The first-order chi connectivity index (χ1) is 12.6. The van der Waals surface area contributed by atoms with Crippen LogP contribution >= 0.6 is 23.1 Å². The highest BCUT2D eigenvalue weighted by Crippen LogP contribution is 2.15. The molecule has 1 amide bonds. The molecule has 5 nitrogen and oxygen atoms in total. The van der Waals surface area contributed by atoms with E-state index in [4.69, 9.17) is 0 Å². The van der Waals surface area contributed by atoms with E-state index in [1.807, 2.05) is 12.3 Å². The molecule has 0 saturated heterocycles. The average molecular weight is 388 g/mol.